The van der Waals surface area contributed by atoms with E-state index in [2.05, 4.69) is 17.6 Å². The third kappa shape index (κ3) is 5.92. The summed E-state index contributed by atoms with van der Waals surface area (Å²) in [7, 11) is 0. The topological polar surface area (TPSA) is 70.6 Å². The second-order valence-corrected chi connectivity index (χ2v) is 6.07. The lowest BCUT2D eigenvalue weighted by molar-refractivity contribution is 0.178. The Bertz CT molecular complexity index is 584. The molecule has 0 aliphatic heterocycles. The van der Waals surface area contributed by atoms with Crippen molar-refractivity contribution in [3.63, 3.8) is 0 Å². The molecule has 124 valence electrons. The SMILES string of the molecule is CCCCOc1ccc(NC(=O)NC[C@@H](O)c2cccs2)cc1. The number of hydrogen-bond donors (Lipinski definition) is 3. The molecule has 0 bridgehead atoms. The number of urea groups is 1. The normalized spacial score (nSPS) is 11.7. The van der Waals surface area contributed by atoms with E-state index in [1.165, 1.54) is 11.3 Å². The largest absolute Gasteiger partial charge is 0.494 e. The molecule has 0 aliphatic rings. The quantitative estimate of drug-likeness (QED) is 0.643. The van der Waals surface area contributed by atoms with E-state index in [-0.39, 0.29) is 12.6 Å². The Balaban J connectivity index is 1.74. The predicted octanol–water partition coefficient (Wildman–Crippen LogP) is 3.78. The number of aliphatic hydroxyl groups is 1. The molecule has 3 N–H and O–H groups in total. The maximum Gasteiger partial charge on any atom is 0.319 e. The molecule has 0 saturated heterocycles. The number of hydrogen-bond acceptors (Lipinski definition) is 4. The van der Waals surface area contributed by atoms with Crippen molar-refractivity contribution in [2.24, 2.45) is 0 Å². The molecule has 2 aromatic rings. The second-order valence-electron chi connectivity index (χ2n) is 5.09. The van der Waals surface area contributed by atoms with Crippen molar-refractivity contribution in [3.8, 4) is 5.75 Å². The Morgan fingerprint density at radius 3 is 2.74 bits per heavy atom. The van der Waals surface area contributed by atoms with Crippen LogP contribution >= 0.6 is 11.3 Å². The van der Waals surface area contributed by atoms with Crippen LogP contribution < -0.4 is 15.4 Å². The van der Waals surface area contributed by atoms with Crippen LogP contribution in [0.4, 0.5) is 10.5 Å². The minimum atomic E-state index is -0.685. The zero-order valence-corrected chi connectivity index (χ0v) is 13.9. The zero-order valence-electron chi connectivity index (χ0n) is 13.1. The average Bonchev–Trinajstić information content (AvgIpc) is 3.09. The lowest BCUT2D eigenvalue weighted by atomic mass is 10.3. The van der Waals surface area contributed by atoms with Crippen LogP contribution in [0, 0.1) is 0 Å². The first-order chi connectivity index (χ1) is 11.2. The number of benzene rings is 1. The number of anilines is 1. The molecular formula is C17H22N2O3S. The molecule has 1 heterocycles. The van der Waals surface area contributed by atoms with Crippen LogP contribution in [0.15, 0.2) is 41.8 Å². The Morgan fingerprint density at radius 1 is 1.30 bits per heavy atom. The fourth-order valence-electron chi connectivity index (χ4n) is 1.91. The van der Waals surface area contributed by atoms with Crippen molar-refractivity contribution in [1.29, 1.82) is 0 Å². The molecule has 2 amide bonds. The minimum absolute atomic E-state index is 0.171. The van der Waals surface area contributed by atoms with E-state index >= 15 is 0 Å². The fraction of sp³-hybridized carbons (Fsp3) is 0.353. The highest BCUT2D eigenvalue weighted by Crippen LogP contribution is 2.18. The zero-order chi connectivity index (χ0) is 16.5. The van der Waals surface area contributed by atoms with Crippen molar-refractivity contribution in [2.45, 2.75) is 25.9 Å². The van der Waals surface area contributed by atoms with Crippen LogP contribution in [-0.2, 0) is 0 Å². The van der Waals surface area contributed by atoms with Crippen LogP contribution in [0.25, 0.3) is 0 Å². The monoisotopic (exact) mass is 334 g/mol. The summed E-state index contributed by atoms with van der Waals surface area (Å²) in [5.41, 5.74) is 0.677. The lowest BCUT2D eigenvalue weighted by Gasteiger charge is -2.12. The van der Waals surface area contributed by atoms with Gasteiger partial charge in [0.15, 0.2) is 0 Å². The standard InChI is InChI=1S/C17H22N2O3S/c1-2-3-10-22-14-8-6-13(7-9-14)19-17(21)18-12-15(20)16-5-4-11-23-16/h4-9,11,15,20H,2-3,10,12H2,1H3,(H2,18,19,21)/t15-/m1/s1. The molecule has 0 saturated carbocycles. The van der Waals surface area contributed by atoms with Gasteiger partial charge in [-0.05, 0) is 42.1 Å². The van der Waals surface area contributed by atoms with Gasteiger partial charge in [0.25, 0.3) is 0 Å². The molecule has 1 aromatic heterocycles. The van der Waals surface area contributed by atoms with Crippen LogP contribution in [0.3, 0.4) is 0 Å². The fourth-order valence-corrected chi connectivity index (χ4v) is 2.63. The van der Waals surface area contributed by atoms with Crippen LogP contribution in [-0.4, -0.2) is 24.3 Å². The third-order valence-corrected chi connectivity index (χ3v) is 4.18. The van der Waals surface area contributed by atoms with Gasteiger partial charge in [-0.3, -0.25) is 0 Å². The molecule has 2 rings (SSSR count). The van der Waals surface area contributed by atoms with Gasteiger partial charge in [0.1, 0.15) is 11.9 Å². The van der Waals surface area contributed by atoms with Gasteiger partial charge in [-0.1, -0.05) is 19.4 Å². The van der Waals surface area contributed by atoms with Gasteiger partial charge in [-0.25, -0.2) is 4.79 Å². The summed E-state index contributed by atoms with van der Waals surface area (Å²) in [6, 6.07) is 10.6. The summed E-state index contributed by atoms with van der Waals surface area (Å²) in [5.74, 6) is 0.789. The number of amides is 2. The van der Waals surface area contributed by atoms with Crippen LogP contribution in [0.2, 0.25) is 0 Å². The molecule has 0 aliphatic carbocycles. The van der Waals surface area contributed by atoms with Gasteiger partial charge < -0.3 is 20.5 Å². The molecule has 1 atom stereocenters. The Morgan fingerprint density at radius 2 is 2.09 bits per heavy atom. The lowest BCUT2D eigenvalue weighted by Crippen LogP contribution is -2.32. The number of unbranched alkanes of at least 4 members (excludes halogenated alkanes) is 1. The molecule has 0 radical (unpaired) electrons. The van der Waals surface area contributed by atoms with E-state index in [1.807, 2.05) is 29.6 Å². The first kappa shape index (κ1) is 17.3. The summed E-state index contributed by atoms with van der Waals surface area (Å²) in [4.78, 5) is 12.7. The average molecular weight is 334 g/mol. The van der Waals surface area contributed by atoms with E-state index in [0.717, 1.165) is 23.5 Å². The third-order valence-electron chi connectivity index (χ3n) is 3.21. The molecule has 0 fully saturated rings. The number of ether oxygens (including phenoxy) is 1. The molecule has 1 aromatic carbocycles. The highest BCUT2D eigenvalue weighted by atomic mass is 32.1. The number of nitrogens with one attached hydrogen (secondary N) is 2. The summed E-state index contributed by atoms with van der Waals surface area (Å²) in [5, 5.41) is 17.2. The summed E-state index contributed by atoms with van der Waals surface area (Å²) in [6.45, 7) is 2.99. The van der Waals surface area contributed by atoms with Crippen molar-refractivity contribution in [3.05, 3.63) is 46.7 Å². The number of thiophene rings is 1. The number of carbonyl (C=O) groups is 1. The first-order valence-corrected chi connectivity index (χ1v) is 8.56. The van der Waals surface area contributed by atoms with Crippen molar-refractivity contribution in [1.82, 2.24) is 5.32 Å². The maximum absolute atomic E-state index is 11.8. The van der Waals surface area contributed by atoms with Crippen molar-refractivity contribution >= 4 is 23.1 Å². The molecule has 0 unspecified atom stereocenters. The van der Waals surface area contributed by atoms with Crippen molar-refractivity contribution < 1.29 is 14.6 Å². The predicted molar refractivity (Wildman–Crippen MR) is 93.1 cm³/mol. The van der Waals surface area contributed by atoms with Crippen LogP contribution in [0.5, 0.6) is 5.75 Å². The molecule has 23 heavy (non-hydrogen) atoms. The Kier molecular flexibility index (Phi) is 6.90. The maximum atomic E-state index is 11.8. The van der Waals surface area contributed by atoms with Gasteiger partial charge in [0.05, 0.1) is 13.2 Å². The van der Waals surface area contributed by atoms with Crippen molar-refractivity contribution in [2.75, 3.05) is 18.5 Å². The Hall–Kier alpha value is -2.05. The molecule has 0 spiro atoms. The number of carbonyl (C=O) groups excluding carboxylic acids is 1. The van der Waals surface area contributed by atoms with Gasteiger partial charge in [-0.2, -0.15) is 0 Å². The molecular weight excluding hydrogens is 312 g/mol. The van der Waals surface area contributed by atoms with E-state index in [4.69, 9.17) is 4.74 Å². The highest BCUT2D eigenvalue weighted by Gasteiger charge is 2.10. The molecule has 5 nitrogen and oxygen atoms in total. The highest BCUT2D eigenvalue weighted by molar-refractivity contribution is 7.10. The Labute approximate surface area is 140 Å². The van der Waals surface area contributed by atoms with Gasteiger partial charge in [0.2, 0.25) is 0 Å². The summed E-state index contributed by atoms with van der Waals surface area (Å²) < 4.78 is 5.57. The van der Waals surface area contributed by atoms with E-state index in [1.54, 1.807) is 12.1 Å². The van der Waals surface area contributed by atoms with E-state index in [9.17, 15) is 9.90 Å². The van der Waals surface area contributed by atoms with Gasteiger partial charge in [0, 0.05) is 10.6 Å². The second kappa shape index (κ2) is 9.17. The smallest absolute Gasteiger partial charge is 0.319 e. The number of aliphatic hydroxyl groups excluding tert-OH is 1. The van der Waals surface area contributed by atoms with Gasteiger partial charge >= 0.3 is 6.03 Å². The van der Waals surface area contributed by atoms with Gasteiger partial charge in [-0.15, -0.1) is 11.3 Å². The molecule has 6 heteroatoms. The number of rotatable bonds is 8. The minimum Gasteiger partial charge on any atom is -0.494 e. The summed E-state index contributed by atoms with van der Waals surface area (Å²) >= 11 is 1.46. The van der Waals surface area contributed by atoms with E-state index < -0.39 is 6.10 Å². The van der Waals surface area contributed by atoms with Crippen LogP contribution in [0.1, 0.15) is 30.7 Å². The van der Waals surface area contributed by atoms with E-state index in [0.29, 0.717) is 12.3 Å². The summed E-state index contributed by atoms with van der Waals surface area (Å²) in [6.07, 6.45) is 1.43. The first-order valence-electron chi connectivity index (χ1n) is 7.68.